The van der Waals surface area contributed by atoms with Crippen LogP contribution in [0.4, 0.5) is 5.69 Å². The minimum absolute atomic E-state index is 0.547. The highest BCUT2D eigenvalue weighted by atomic mass is 32.1. The Hall–Kier alpha value is -1.60. The Bertz CT molecular complexity index is 498. The van der Waals surface area contributed by atoms with Gasteiger partial charge in [-0.3, -0.25) is 4.98 Å². The maximum Gasteiger partial charge on any atom is 0.0830 e. The van der Waals surface area contributed by atoms with Crippen molar-refractivity contribution >= 4 is 27.2 Å². The first-order valence-electron chi connectivity index (χ1n) is 4.73. The number of rotatable bonds is 3. The van der Waals surface area contributed by atoms with E-state index in [4.69, 9.17) is 5.26 Å². The minimum Gasteiger partial charge on any atom is -0.372 e. The highest BCUT2D eigenvalue weighted by Crippen LogP contribution is 2.29. The van der Waals surface area contributed by atoms with Crippen molar-refractivity contribution in [2.24, 2.45) is 0 Å². The zero-order valence-electron chi connectivity index (χ0n) is 8.47. The molecule has 0 atom stereocenters. The summed E-state index contributed by atoms with van der Waals surface area (Å²) in [5, 5.41) is 10.6. The van der Waals surface area contributed by atoms with E-state index in [2.05, 4.69) is 16.0 Å². The van der Waals surface area contributed by atoms with E-state index < -0.39 is 0 Å². The second kappa shape index (κ2) is 4.28. The third kappa shape index (κ3) is 1.92. The summed E-state index contributed by atoms with van der Waals surface area (Å²) in [5.74, 6) is 0. The molecule has 0 radical (unpaired) electrons. The van der Waals surface area contributed by atoms with Gasteiger partial charge in [0.25, 0.3) is 0 Å². The molecule has 4 heteroatoms. The van der Waals surface area contributed by atoms with Gasteiger partial charge in [-0.1, -0.05) is 0 Å². The fraction of sp³-hybridized carbons (Fsp3) is 0.273. The van der Waals surface area contributed by atoms with Crippen molar-refractivity contribution in [2.75, 3.05) is 18.5 Å². The number of nitrogens with zero attached hydrogens (tertiary/aromatic N) is 3. The molecule has 0 fully saturated rings. The Balaban J connectivity index is 2.34. The van der Waals surface area contributed by atoms with Crippen molar-refractivity contribution in [2.45, 2.75) is 6.42 Å². The maximum absolute atomic E-state index is 8.55. The molecule has 0 aromatic carbocycles. The van der Waals surface area contributed by atoms with Gasteiger partial charge < -0.3 is 4.90 Å². The molecule has 0 bridgehead atoms. The molecule has 0 amide bonds. The minimum atomic E-state index is 0.547. The molecule has 2 aromatic heterocycles. The first kappa shape index (κ1) is 9.94. The fourth-order valence-corrected chi connectivity index (χ4v) is 2.42. The third-order valence-electron chi connectivity index (χ3n) is 2.29. The predicted molar refractivity (Wildman–Crippen MR) is 63.1 cm³/mol. The molecule has 0 saturated heterocycles. The van der Waals surface area contributed by atoms with Crippen LogP contribution in [-0.2, 0) is 0 Å². The Labute approximate surface area is 92.6 Å². The fourth-order valence-electron chi connectivity index (χ4n) is 1.50. The molecule has 0 aliphatic carbocycles. The van der Waals surface area contributed by atoms with Crippen LogP contribution >= 0.6 is 11.3 Å². The molecule has 2 rings (SSSR count). The molecule has 3 nitrogen and oxygen atoms in total. The summed E-state index contributed by atoms with van der Waals surface area (Å²) in [5.41, 5.74) is 2.19. The Morgan fingerprint density at radius 3 is 3.20 bits per heavy atom. The van der Waals surface area contributed by atoms with E-state index in [0.717, 1.165) is 17.7 Å². The molecule has 2 aromatic rings. The van der Waals surface area contributed by atoms with E-state index in [-0.39, 0.29) is 0 Å². The molecular formula is C11H11N3S. The largest absolute Gasteiger partial charge is 0.372 e. The van der Waals surface area contributed by atoms with Gasteiger partial charge in [-0.05, 0) is 17.5 Å². The van der Waals surface area contributed by atoms with Crippen LogP contribution in [0.1, 0.15) is 6.42 Å². The first-order valence-corrected chi connectivity index (χ1v) is 5.61. The summed E-state index contributed by atoms with van der Waals surface area (Å²) in [6.45, 7) is 0.757. The van der Waals surface area contributed by atoms with Crippen molar-refractivity contribution in [1.29, 1.82) is 5.26 Å². The summed E-state index contributed by atoms with van der Waals surface area (Å²) in [4.78, 5) is 6.38. The summed E-state index contributed by atoms with van der Waals surface area (Å²) < 4.78 is 1.19. The number of thiophene rings is 1. The van der Waals surface area contributed by atoms with Crippen LogP contribution in [0.3, 0.4) is 0 Å². The summed E-state index contributed by atoms with van der Waals surface area (Å²) in [6.07, 6.45) is 2.36. The summed E-state index contributed by atoms with van der Waals surface area (Å²) in [6, 6.07) is 6.17. The SMILES string of the molecule is CN(CCC#N)c1ccnc2ccsc12. The lowest BCUT2D eigenvalue weighted by Crippen LogP contribution is -2.18. The topological polar surface area (TPSA) is 39.9 Å². The number of nitriles is 1. The standard InChI is InChI=1S/C11H11N3S/c1-14(7-2-5-12)10-3-6-13-9-4-8-15-11(9)10/h3-4,6,8H,2,7H2,1H3. The van der Waals surface area contributed by atoms with E-state index in [1.54, 1.807) is 11.3 Å². The van der Waals surface area contributed by atoms with Gasteiger partial charge in [-0.15, -0.1) is 11.3 Å². The molecule has 0 spiro atoms. The zero-order chi connectivity index (χ0) is 10.7. The molecule has 0 aliphatic rings. The molecule has 0 N–H and O–H groups in total. The number of hydrogen-bond acceptors (Lipinski definition) is 4. The van der Waals surface area contributed by atoms with Gasteiger partial charge in [0, 0.05) is 19.8 Å². The normalized spacial score (nSPS) is 10.1. The van der Waals surface area contributed by atoms with Crippen LogP contribution in [0.15, 0.2) is 23.7 Å². The quantitative estimate of drug-likeness (QED) is 0.793. The molecular weight excluding hydrogens is 206 g/mol. The van der Waals surface area contributed by atoms with Crippen LogP contribution in [0.2, 0.25) is 0 Å². The van der Waals surface area contributed by atoms with Gasteiger partial charge >= 0.3 is 0 Å². The van der Waals surface area contributed by atoms with E-state index in [0.29, 0.717) is 6.42 Å². The lowest BCUT2D eigenvalue weighted by atomic mass is 10.3. The van der Waals surface area contributed by atoms with Gasteiger partial charge in [0.05, 0.1) is 28.4 Å². The number of pyridine rings is 1. The van der Waals surface area contributed by atoms with Crippen molar-refractivity contribution in [1.82, 2.24) is 4.98 Å². The number of hydrogen-bond donors (Lipinski definition) is 0. The van der Waals surface area contributed by atoms with Crippen LogP contribution in [0, 0.1) is 11.3 Å². The van der Waals surface area contributed by atoms with Crippen molar-refractivity contribution in [3.8, 4) is 6.07 Å². The monoisotopic (exact) mass is 217 g/mol. The van der Waals surface area contributed by atoms with E-state index in [1.807, 2.05) is 30.8 Å². The first-order chi connectivity index (χ1) is 7.33. The highest BCUT2D eigenvalue weighted by molar-refractivity contribution is 7.17. The number of fused-ring (bicyclic) bond motifs is 1. The Kier molecular flexibility index (Phi) is 2.84. The Morgan fingerprint density at radius 1 is 1.53 bits per heavy atom. The average molecular weight is 217 g/mol. The van der Waals surface area contributed by atoms with Gasteiger partial charge in [-0.2, -0.15) is 5.26 Å². The van der Waals surface area contributed by atoms with Crippen LogP contribution in [-0.4, -0.2) is 18.6 Å². The van der Waals surface area contributed by atoms with Crippen LogP contribution < -0.4 is 4.90 Å². The van der Waals surface area contributed by atoms with Crippen molar-refractivity contribution in [3.05, 3.63) is 23.7 Å². The predicted octanol–water partition coefficient (Wildman–Crippen LogP) is 2.65. The van der Waals surface area contributed by atoms with Crippen molar-refractivity contribution in [3.63, 3.8) is 0 Å². The molecule has 15 heavy (non-hydrogen) atoms. The molecule has 76 valence electrons. The van der Waals surface area contributed by atoms with Gasteiger partial charge in [0.15, 0.2) is 0 Å². The molecule has 0 aliphatic heterocycles. The summed E-state index contributed by atoms with van der Waals surface area (Å²) >= 11 is 1.69. The van der Waals surface area contributed by atoms with E-state index in [9.17, 15) is 0 Å². The highest BCUT2D eigenvalue weighted by Gasteiger charge is 2.06. The lowest BCUT2D eigenvalue weighted by Gasteiger charge is -2.17. The molecule has 2 heterocycles. The third-order valence-corrected chi connectivity index (χ3v) is 3.22. The number of anilines is 1. The maximum atomic E-state index is 8.55. The van der Waals surface area contributed by atoms with Crippen LogP contribution in [0.5, 0.6) is 0 Å². The average Bonchev–Trinajstić information content (AvgIpc) is 2.73. The van der Waals surface area contributed by atoms with Gasteiger partial charge in [0.2, 0.25) is 0 Å². The molecule has 0 saturated carbocycles. The smallest absolute Gasteiger partial charge is 0.0830 e. The number of aromatic nitrogens is 1. The van der Waals surface area contributed by atoms with Crippen molar-refractivity contribution < 1.29 is 0 Å². The summed E-state index contributed by atoms with van der Waals surface area (Å²) in [7, 11) is 2.01. The Morgan fingerprint density at radius 2 is 2.40 bits per heavy atom. The van der Waals surface area contributed by atoms with Crippen LogP contribution in [0.25, 0.3) is 10.2 Å². The second-order valence-corrected chi connectivity index (χ2v) is 4.21. The van der Waals surface area contributed by atoms with Gasteiger partial charge in [0.1, 0.15) is 0 Å². The van der Waals surface area contributed by atoms with E-state index in [1.165, 1.54) is 4.70 Å². The molecule has 0 unspecified atom stereocenters. The lowest BCUT2D eigenvalue weighted by molar-refractivity contribution is 0.909. The van der Waals surface area contributed by atoms with Gasteiger partial charge in [-0.25, -0.2) is 0 Å². The zero-order valence-corrected chi connectivity index (χ0v) is 9.29. The van der Waals surface area contributed by atoms with E-state index >= 15 is 0 Å². The second-order valence-electron chi connectivity index (χ2n) is 3.29.